The van der Waals surface area contributed by atoms with Crippen LogP contribution in [0.25, 0.3) is 0 Å². The predicted molar refractivity (Wildman–Crippen MR) is 68.4 cm³/mol. The second-order valence-corrected chi connectivity index (χ2v) is 4.75. The van der Waals surface area contributed by atoms with Gasteiger partial charge in [0.2, 0.25) is 0 Å². The van der Waals surface area contributed by atoms with Crippen molar-refractivity contribution in [3.8, 4) is 0 Å². The molecule has 2 heteroatoms. The van der Waals surface area contributed by atoms with Crippen molar-refractivity contribution >= 4 is 0 Å². The molecule has 90 valence electrons. The first-order valence-corrected chi connectivity index (χ1v) is 6.01. The molecule has 2 nitrogen and oxygen atoms in total. The van der Waals surface area contributed by atoms with Crippen LogP contribution in [-0.4, -0.2) is 17.3 Å². The largest absolute Gasteiger partial charge is 0.394 e. The molecule has 1 aromatic carbocycles. The highest BCUT2D eigenvalue weighted by molar-refractivity contribution is 5.25. The van der Waals surface area contributed by atoms with E-state index >= 15 is 0 Å². The first kappa shape index (κ1) is 13.2. The van der Waals surface area contributed by atoms with Gasteiger partial charge in [0.1, 0.15) is 0 Å². The van der Waals surface area contributed by atoms with Gasteiger partial charge in [0.15, 0.2) is 0 Å². The monoisotopic (exact) mass is 221 g/mol. The highest BCUT2D eigenvalue weighted by Crippen LogP contribution is 2.14. The van der Waals surface area contributed by atoms with Crippen LogP contribution in [0.1, 0.15) is 37.8 Å². The molecular formula is C14H23NO. The summed E-state index contributed by atoms with van der Waals surface area (Å²) in [6.45, 7) is 7.35. The number of rotatable bonds is 6. The van der Waals surface area contributed by atoms with Crippen molar-refractivity contribution in [1.82, 2.24) is 5.32 Å². The molecule has 1 unspecified atom stereocenters. The summed E-state index contributed by atoms with van der Waals surface area (Å²) >= 11 is 0. The second kappa shape index (κ2) is 6.02. The van der Waals surface area contributed by atoms with E-state index in [0.717, 1.165) is 19.4 Å². The topological polar surface area (TPSA) is 32.3 Å². The van der Waals surface area contributed by atoms with E-state index in [1.807, 2.05) is 0 Å². The zero-order valence-corrected chi connectivity index (χ0v) is 10.6. The van der Waals surface area contributed by atoms with Crippen molar-refractivity contribution < 1.29 is 5.11 Å². The van der Waals surface area contributed by atoms with Gasteiger partial charge in [-0.05, 0) is 31.4 Å². The quantitative estimate of drug-likeness (QED) is 0.774. The molecule has 0 aromatic heterocycles. The first-order valence-electron chi connectivity index (χ1n) is 6.01. The van der Waals surface area contributed by atoms with Crippen LogP contribution in [0.15, 0.2) is 24.3 Å². The minimum Gasteiger partial charge on any atom is -0.394 e. The van der Waals surface area contributed by atoms with Crippen LogP contribution in [0.2, 0.25) is 0 Å². The minimum atomic E-state index is -0.156. The molecule has 2 N–H and O–H groups in total. The number of hydrogen-bond acceptors (Lipinski definition) is 2. The van der Waals surface area contributed by atoms with Gasteiger partial charge in [-0.25, -0.2) is 0 Å². The SMILES string of the molecule is CCCC(C)(CO)NCc1ccccc1C. The molecule has 0 saturated heterocycles. The standard InChI is InChI=1S/C14H23NO/c1-4-9-14(3,11-16)15-10-13-8-6-5-7-12(13)2/h5-8,15-16H,4,9-11H2,1-3H3. The van der Waals surface area contributed by atoms with Gasteiger partial charge in [-0.2, -0.15) is 0 Å². The molecule has 0 heterocycles. The summed E-state index contributed by atoms with van der Waals surface area (Å²) in [5, 5.41) is 12.9. The lowest BCUT2D eigenvalue weighted by molar-refractivity contribution is 0.163. The average Bonchev–Trinajstić information content (AvgIpc) is 2.28. The Morgan fingerprint density at radius 2 is 2.00 bits per heavy atom. The number of nitrogens with one attached hydrogen (secondary N) is 1. The fourth-order valence-electron chi connectivity index (χ4n) is 1.89. The second-order valence-electron chi connectivity index (χ2n) is 4.75. The molecule has 0 amide bonds. The van der Waals surface area contributed by atoms with Crippen LogP contribution in [-0.2, 0) is 6.54 Å². The summed E-state index contributed by atoms with van der Waals surface area (Å²) < 4.78 is 0. The summed E-state index contributed by atoms with van der Waals surface area (Å²) in [4.78, 5) is 0. The molecule has 0 radical (unpaired) electrons. The van der Waals surface area contributed by atoms with Crippen molar-refractivity contribution in [2.75, 3.05) is 6.61 Å². The van der Waals surface area contributed by atoms with E-state index in [-0.39, 0.29) is 12.1 Å². The smallest absolute Gasteiger partial charge is 0.0610 e. The number of aliphatic hydroxyl groups excluding tert-OH is 1. The normalized spacial score (nSPS) is 14.8. The Hall–Kier alpha value is -0.860. The van der Waals surface area contributed by atoms with E-state index in [1.54, 1.807) is 0 Å². The Kier molecular flexibility index (Phi) is 4.97. The van der Waals surface area contributed by atoms with Gasteiger partial charge in [0.05, 0.1) is 6.61 Å². The van der Waals surface area contributed by atoms with Gasteiger partial charge in [-0.3, -0.25) is 0 Å². The lowest BCUT2D eigenvalue weighted by atomic mass is 9.96. The fourth-order valence-corrected chi connectivity index (χ4v) is 1.89. The third-order valence-electron chi connectivity index (χ3n) is 3.12. The van der Waals surface area contributed by atoms with Crippen molar-refractivity contribution in [1.29, 1.82) is 0 Å². The maximum absolute atomic E-state index is 9.40. The van der Waals surface area contributed by atoms with Crippen LogP contribution in [0.3, 0.4) is 0 Å². The number of hydrogen-bond donors (Lipinski definition) is 2. The van der Waals surface area contributed by atoms with Crippen LogP contribution in [0, 0.1) is 6.92 Å². The van der Waals surface area contributed by atoms with Crippen LogP contribution in [0.5, 0.6) is 0 Å². The molecule has 16 heavy (non-hydrogen) atoms. The maximum Gasteiger partial charge on any atom is 0.0610 e. The molecule has 0 bridgehead atoms. The van der Waals surface area contributed by atoms with Crippen molar-refractivity contribution in [2.45, 2.75) is 45.7 Å². The number of aryl methyl sites for hydroxylation is 1. The zero-order chi connectivity index (χ0) is 12.0. The van der Waals surface area contributed by atoms with Crippen molar-refractivity contribution in [3.63, 3.8) is 0 Å². The highest BCUT2D eigenvalue weighted by Gasteiger charge is 2.21. The summed E-state index contributed by atoms with van der Waals surface area (Å²) in [6.07, 6.45) is 2.08. The molecule has 0 aliphatic rings. The van der Waals surface area contributed by atoms with E-state index < -0.39 is 0 Å². The Morgan fingerprint density at radius 1 is 1.31 bits per heavy atom. The zero-order valence-electron chi connectivity index (χ0n) is 10.6. The Morgan fingerprint density at radius 3 is 2.56 bits per heavy atom. The predicted octanol–water partition coefficient (Wildman–Crippen LogP) is 2.64. The summed E-state index contributed by atoms with van der Waals surface area (Å²) in [5.41, 5.74) is 2.45. The van der Waals surface area contributed by atoms with E-state index in [4.69, 9.17) is 0 Å². The fraction of sp³-hybridized carbons (Fsp3) is 0.571. The molecule has 0 spiro atoms. The third kappa shape index (κ3) is 3.62. The van der Waals surface area contributed by atoms with Crippen molar-refractivity contribution in [2.24, 2.45) is 0 Å². The van der Waals surface area contributed by atoms with Gasteiger partial charge in [0.25, 0.3) is 0 Å². The van der Waals surface area contributed by atoms with Crippen LogP contribution < -0.4 is 5.32 Å². The summed E-state index contributed by atoms with van der Waals surface area (Å²) in [5.74, 6) is 0. The molecule has 0 saturated carbocycles. The lowest BCUT2D eigenvalue weighted by Crippen LogP contribution is -2.45. The van der Waals surface area contributed by atoms with Crippen LogP contribution >= 0.6 is 0 Å². The highest BCUT2D eigenvalue weighted by atomic mass is 16.3. The molecule has 0 aliphatic heterocycles. The molecule has 1 aromatic rings. The van der Waals surface area contributed by atoms with Gasteiger partial charge < -0.3 is 10.4 Å². The maximum atomic E-state index is 9.40. The van der Waals surface area contributed by atoms with Gasteiger partial charge in [-0.15, -0.1) is 0 Å². The third-order valence-corrected chi connectivity index (χ3v) is 3.12. The lowest BCUT2D eigenvalue weighted by Gasteiger charge is -2.28. The van der Waals surface area contributed by atoms with E-state index in [0.29, 0.717) is 0 Å². The van der Waals surface area contributed by atoms with Gasteiger partial charge in [-0.1, -0.05) is 37.6 Å². The van der Waals surface area contributed by atoms with E-state index in [9.17, 15) is 5.11 Å². The molecule has 1 rings (SSSR count). The van der Waals surface area contributed by atoms with Gasteiger partial charge >= 0.3 is 0 Å². The Labute approximate surface area is 98.7 Å². The van der Waals surface area contributed by atoms with Crippen LogP contribution in [0.4, 0.5) is 0 Å². The average molecular weight is 221 g/mol. The van der Waals surface area contributed by atoms with E-state index in [2.05, 4.69) is 50.4 Å². The molecule has 0 fully saturated rings. The molecule has 0 aliphatic carbocycles. The number of aliphatic hydroxyl groups is 1. The number of benzene rings is 1. The Bertz CT molecular complexity index is 324. The first-order chi connectivity index (χ1) is 7.61. The molecular weight excluding hydrogens is 198 g/mol. The van der Waals surface area contributed by atoms with Gasteiger partial charge in [0, 0.05) is 12.1 Å². The Balaban J connectivity index is 2.59. The van der Waals surface area contributed by atoms with Crippen molar-refractivity contribution in [3.05, 3.63) is 35.4 Å². The molecule has 1 atom stereocenters. The minimum absolute atomic E-state index is 0.156. The summed E-state index contributed by atoms with van der Waals surface area (Å²) in [6, 6.07) is 8.36. The summed E-state index contributed by atoms with van der Waals surface area (Å²) in [7, 11) is 0. The van der Waals surface area contributed by atoms with E-state index in [1.165, 1.54) is 11.1 Å².